The molecule has 2 saturated carbocycles. The van der Waals surface area contributed by atoms with Crippen LogP contribution < -0.4 is 10.6 Å². The minimum Gasteiger partial charge on any atom is -0.508 e. The predicted molar refractivity (Wildman–Crippen MR) is 140 cm³/mol. The van der Waals surface area contributed by atoms with Gasteiger partial charge in [-0.05, 0) is 70.9 Å². The van der Waals surface area contributed by atoms with Gasteiger partial charge in [0, 0.05) is 40.5 Å². The second-order valence-corrected chi connectivity index (χ2v) is 11.7. The van der Waals surface area contributed by atoms with E-state index in [1.807, 2.05) is 6.07 Å². The Hall–Kier alpha value is -2.94. The molecule has 0 bridgehead atoms. The molecule has 3 aliphatic rings. The van der Waals surface area contributed by atoms with Crippen molar-refractivity contribution in [1.29, 1.82) is 0 Å². The van der Waals surface area contributed by atoms with Crippen molar-refractivity contribution in [3.63, 3.8) is 0 Å². The van der Waals surface area contributed by atoms with Crippen LogP contribution in [0.25, 0.3) is 5.57 Å². The lowest BCUT2D eigenvalue weighted by Gasteiger charge is -2.30. The summed E-state index contributed by atoms with van der Waals surface area (Å²) in [5.74, 6) is 0.361. The predicted octanol–water partition coefficient (Wildman–Crippen LogP) is 8.00. The van der Waals surface area contributed by atoms with Gasteiger partial charge in [0.2, 0.25) is 0 Å². The fourth-order valence-electron chi connectivity index (χ4n) is 4.79. The molecule has 2 aliphatic carbocycles. The van der Waals surface area contributed by atoms with E-state index in [9.17, 15) is 5.11 Å². The number of phenols is 1. The fourth-order valence-corrected chi connectivity index (χ4v) is 4.79. The van der Waals surface area contributed by atoms with Crippen molar-refractivity contribution in [3.05, 3.63) is 81.7 Å². The first-order valence-electron chi connectivity index (χ1n) is 12.2. The number of hydrogen-bond acceptors (Lipinski definition) is 3. The van der Waals surface area contributed by atoms with E-state index >= 15 is 0 Å². The first kappa shape index (κ1) is 21.9. The lowest BCUT2D eigenvalue weighted by atomic mass is 9.79. The quantitative estimate of drug-likeness (QED) is 0.453. The molecule has 33 heavy (non-hydrogen) atoms. The van der Waals surface area contributed by atoms with Gasteiger partial charge >= 0.3 is 0 Å². The second-order valence-electron chi connectivity index (χ2n) is 11.7. The third-order valence-corrected chi connectivity index (χ3v) is 6.83. The van der Waals surface area contributed by atoms with E-state index in [2.05, 4.69) is 88.7 Å². The molecular formula is C30H36N2O. The van der Waals surface area contributed by atoms with Gasteiger partial charge in [-0.3, -0.25) is 0 Å². The Bertz CT molecular complexity index is 1220. The van der Waals surface area contributed by atoms with Crippen LogP contribution in [0, 0.1) is 0 Å². The summed E-state index contributed by atoms with van der Waals surface area (Å²) in [5.41, 5.74) is 12.4. The zero-order chi connectivity index (χ0) is 23.5. The molecule has 1 heterocycles. The van der Waals surface area contributed by atoms with E-state index in [0.717, 1.165) is 24.1 Å². The van der Waals surface area contributed by atoms with Gasteiger partial charge in [-0.2, -0.15) is 0 Å². The molecule has 2 fully saturated rings. The van der Waals surface area contributed by atoms with Crippen LogP contribution in [-0.4, -0.2) is 5.11 Å². The molecule has 172 valence electrons. The summed E-state index contributed by atoms with van der Waals surface area (Å²) >= 11 is 0. The van der Waals surface area contributed by atoms with Crippen LogP contribution in [0.1, 0.15) is 83.9 Å². The van der Waals surface area contributed by atoms with E-state index in [0.29, 0.717) is 5.75 Å². The van der Waals surface area contributed by atoms with Gasteiger partial charge in [-0.25, -0.2) is 0 Å². The molecule has 0 saturated heterocycles. The number of phenolic OH excluding ortho intramolecular Hbond substituents is 1. The maximum atomic E-state index is 11.0. The summed E-state index contributed by atoms with van der Waals surface area (Å²) in [5, 5.41) is 18.3. The van der Waals surface area contributed by atoms with Gasteiger partial charge in [0.25, 0.3) is 0 Å². The standard InChI is InChI=1S/C30H36N2O/c1-29(2,3)22-15-23(30(4,5)6)26(33)16-25(22)32-28(19-13-14-19)21-17-31-24-10-8-7-9-20(24)27(21)18-11-12-18/h7-10,15-17,31-33H,11-14H2,1-6H3. The summed E-state index contributed by atoms with van der Waals surface area (Å²) in [6, 6.07) is 12.8. The van der Waals surface area contributed by atoms with E-state index in [4.69, 9.17) is 0 Å². The molecule has 3 nitrogen and oxygen atoms in total. The Morgan fingerprint density at radius 3 is 2.15 bits per heavy atom. The third kappa shape index (κ3) is 4.21. The zero-order valence-corrected chi connectivity index (χ0v) is 20.8. The largest absolute Gasteiger partial charge is 0.508 e. The highest BCUT2D eigenvalue weighted by Crippen LogP contribution is 2.49. The highest BCUT2D eigenvalue weighted by atomic mass is 16.3. The maximum Gasteiger partial charge on any atom is 0.121 e. The minimum absolute atomic E-state index is 0.0566. The molecule has 0 unspecified atom stereocenters. The lowest BCUT2D eigenvalue weighted by molar-refractivity contribution is 0.445. The molecule has 0 radical (unpaired) electrons. The van der Waals surface area contributed by atoms with Crippen molar-refractivity contribution in [2.24, 2.45) is 0 Å². The molecule has 2 aromatic carbocycles. The van der Waals surface area contributed by atoms with Gasteiger partial charge in [-0.15, -0.1) is 0 Å². The molecule has 3 N–H and O–H groups in total. The molecule has 0 spiro atoms. The molecule has 3 heteroatoms. The first-order valence-corrected chi connectivity index (χ1v) is 12.2. The summed E-state index contributed by atoms with van der Waals surface area (Å²) < 4.78 is 0. The Morgan fingerprint density at radius 1 is 0.879 bits per heavy atom. The molecule has 1 aliphatic heterocycles. The number of rotatable bonds is 3. The monoisotopic (exact) mass is 440 g/mol. The van der Waals surface area contributed by atoms with Crippen molar-refractivity contribution >= 4 is 16.9 Å². The Labute approximate surface area is 198 Å². The van der Waals surface area contributed by atoms with E-state index in [1.165, 1.54) is 57.6 Å². The average molecular weight is 441 g/mol. The minimum atomic E-state index is -0.122. The number of hydrogen-bond donors (Lipinski definition) is 3. The highest BCUT2D eigenvalue weighted by Gasteiger charge is 2.32. The van der Waals surface area contributed by atoms with Crippen LogP contribution in [0.5, 0.6) is 5.75 Å². The maximum absolute atomic E-state index is 11.0. The van der Waals surface area contributed by atoms with Crippen LogP contribution in [-0.2, 0) is 10.8 Å². The number of aromatic hydroxyl groups is 1. The van der Waals surface area contributed by atoms with Crippen LogP contribution >= 0.6 is 0 Å². The van der Waals surface area contributed by atoms with Gasteiger partial charge in [0.05, 0.1) is 0 Å². The Morgan fingerprint density at radius 2 is 1.55 bits per heavy atom. The molecule has 5 rings (SSSR count). The molecule has 0 aromatic heterocycles. The molecule has 2 aromatic rings. The van der Waals surface area contributed by atoms with Crippen molar-refractivity contribution in [1.82, 2.24) is 0 Å². The average Bonchev–Trinajstić information content (AvgIpc) is 3.63. The van der Waals surface area contributed by atoms with Crippen LogP contribution in [0.15, 0.2) is 65.0 Å². The third-order valence-electron chi connectivity index (χ3n) is 6.83. The van der Waals surface area contributed by atoms with Gasteiger partial charge in [0.15, 0.2) is 0 Å². The van der Waals surface area contributed by atoms with Crippen LogP contribution in [0.4, 0.5) is 11.4 Å². The van der Waals surface area contributed by atoms with Gasteiger partial charge in [-0.1, -0.05) is 65.3 Å². The van der Waals surface area contributed by atoms with E-state index < -0.39 is 0 Å². The number of benzene rings is 2. The number of nitrogens with one attached hydrogen (secondary N) is 2. The summed E-state index contributed by atoms with van der Waals surface area (Å²) in [7, 11) is 0. The lowest BCUT2D eigenvalue weighted by Crippen LogP contribution is -2.20. The van der Waals surface area contributed by atoms with Crippen molar-refractivity contribution < 1.29 is 5.11 Å². The molecule has 0 amide bonds. The summed E-state index contributed by atoms with van der Waals surface area (Å²) in [6.07, 6.45) is 6.79. The number of allylic oxidation sites excluding steroid dienone is 3. The number of anilines is 2. The van der Waals surface area contributed by atoms with E-state index in [1.54, 1.807) is 0 Å². The smallest absolute Gasteiger partial charge is 0.121 e. The Kier molecular flexibility index (Phi) is 5.00. The van der Waals surface area contributed by atoms with Crippen molar-refractivity contribution in [3.8, 4) is 5.75 Å². The molecular weight excluding hydrogens is 404 g/mol. The summed E-state index contributed by atoms with van der Waals surface area (Å²) in [4.78, 5) is 0. The zero-order valence-electron chi connectivity index (χ0n) is 20.8. The van der Waals surface area contributed by atoms with Crippen molar-refractivity contribution in [2.75, 3.05) is 10.6 Å². The number of fused-ring (bicyclic) bond motifs is 1. The Balaban J connectivity index is 1.61. The van der Waals surface area contributed by atoms with Crippen LogP contribution in [0.2, 0.25) is 0 Å². The topological polar surface area (TPSA) is 44.3 Å². The van der Waals surface area contributed by atoms with Gasteiger partial charge < -0.3 is 15.7 Å². The molecule has 0 atom stereocenters. The SMILES string of the molecule is CC(C)(C)c1cc(C(C)(C)C)c(NC(C2=CNc3ccccc3C2=C2CC2)=C2CC2)cc1O. The van der Waals surface area contributed by atoms with Crippen LogP contribution in [0.3, 0.4) is 0 Å². The van der Waals surface area contributed by atoms with Crippen molar-refractivity contribution in [2.45, 2.75) is 78.1 Å². The van der Waals surface area contributed by atoms with E-state index in [-0.39, 0.29) is 10.8 Å². The second kappa shape index (κ2) is 7.55. The number of para-hydroxylation sites is 1. The normalized spacial score (nSPS) is 17.3. The fraction of sp³-hybridized carbons (Fsp3) is 0.400. The first-order chi connectivity index (χ1) is 15.5. The summed E-state index contributed by atoms with van der Waals surface area (Å²) in [6.45, 7) is 13.2. The highest BCUT2D eigenvalue weighted by molar-refractivity contribution is 5.96. The van der Waals surface area contributed by atoms with Gasteiger partial charge in [0.1, 0.15) is 5.75 Å².